The third-order valence-electron chi connectivity index (χ3n) is 20.3. The maximum Gasteiger partial charge on any atom is 0.326 e. The summed E-state index contributed by atoms with van der Waals surface area (Å²) in [7, 11) is 3.24. The van der Waals surface area contributed by atoms with Crippen molar-refractivity contribution in [3.63, 3.8) is 0 Å². The van der Waals surface area contributed by atoms with Crippen LogP contribution in [0.4, 0.5) is 0 Å². The molecule has 8 heterocycles. The van der Waals surface area contributed by atoms with Crippen LogP contribution >= 0.6 is 0 Å². The van der Waals surface area contributed by atoms with E-state index >= 15 is 9.59 Å². The first-order valence-electron chi connectivity index (χ1n) is 35.3. The van der Waals surface area contributed by atoms with Crippen LogP contribution in [0.2, 0.25) is 0 Å². The number of rotatable bonds is 16. The lowest BCUT2D eigenvalue weighted by molar-refractivity contribution is -0.144. The summed E-state index contributed by atoms with van der Waals surface area (Å²) in [5.41, 5.74) is 1.84. The lowest BCUT2D eigenvalue weighted by Gasteiger charge is -2.32. The van der Waals surface area contributed by atoms with Crippen molar-refractivity contribution < 1.29 is 67.6 Å². The number of nitrogens with zero attached hydrogens (tertiary/aromatic N) is 8. The molecule has 4 fully saturated rings. The Kier molecular flexibility index (Phi) is 26.2. The van der Waals surface area contributed by atoms with E-state index < -0.39 is 144 Å². The topological polar surface area (TPSA) is 394 Å². The van der Waals surface area contributed by atoms with Crippen LogP contribution in [0.1, 0.15) is 166 Å². The van der Waals surface area contributed by atoms with Crippen molar-refractivity contribution in [1.82, 2.24) is 82.3 Å². The van der Waals surface area contributed by atoms with Crippen LogP contribution in [0.5, 0.6) is 11.5 Å². The molecule has 100 heavy (non-hydrogen) atoms. The molecule has 12 rings (SSSR count). The summed E-state index contributed by atoms with van der Waals surface area (Å²) in [4.78, 5) is 145. The Labute approximate surface area is 582 Å². The Bertz CT molecular complexity index is 3270. The third kappa shape index (κ3) is 19.7. The Morgan fingerprint density at radius 1 is 0.520 bits per heavy atom. The fourth-order valence-electron chi connectivity index (χ4n) is 14.0. The van der Waals surface area contributed by atoms with Crippen molar-refractivity contribution in [3.05, 3.63) is 83.4 Å². The van der Waals surface area contributed by atoms with Crippen LogP contribution in [-0.4, -0.2) is 197 Å². The summed E-state index contributed by atoms with van der Waals surface area (Å²) in [5.74, 6) is -7.24. The molecule has 12 atom stereocenters. The van der Waals surface area contributed by atoms with Gasteiger partial charge in [0.25, 0.3) is 0 Å². The van der Waals surface area contributed by atoms with Gasteiger partial charge in [-0.1, -0.05) is 127 Å². The molecule has 2 aromatic heterocycles. The number of amides is 8. The second-order valence-electron chi connectivity index (χ2n) is 28.3. The van der Waals surface area contributed by atoms with Crippen molar-refractivity contribution >= 4 is 59.2 Å². The fourth-order valence-corrected chi connectivity index (χ4v) is 14.0. The van der Waals surface area contributed by atoms with Gasteiger partial charge in [-0.3, -0.25) is 38.4 Å². The number of aromatic nitrogens is 6. The Balaban J connectivity index is 1.02. The van der Waals surface area contributed by atoms with E-state index in [2.05, 4.69) is 63.2 Å². The zero-order chi connectivity index (χ0) is 71.9. The van der Waals surface area contributed by atoms with Gasteiger partial charge in [0.2, 0.25) is 47.3 Å². The molecule has 10 N–H and O–H groups in total. The molecule has 2 aromatic carbocycles. The summed E-state index contributed by atoms with van der Waals surface area (Å²) in [6, 6.07) is 0.950. The van der Waals surface area contributed by atoms with Crippen LogP contribution < -0.4 is 52.0 Å². The number of carbonyl (C=O) groups is 10. The molecule has 6 aliphatic heterocycles. The minimum absolute atomic E-state index is 0.0262. The largest absolute Gasteiger partial charge is 0.487 e. The summed E-state index contributed by atoms with van der Waals surface area (Å²) in [5, 5.41) is 61.7. The van der Waals surface area contributed by atoms with Gasteiger partial charge in [0.15, 0.2) is 0 Å². The average Bonchev–Trinajstić information content (AvgIpc) is 1.64. The molecule has 2 saturated heterocycles. The first-order chi connectivity index (χ1) is 47.9. The van der Waals surface area contributed by atoms with E-state index in [1.54, 1.807) is 117 Å². The monoisotopic (exact) mass is 1390 g/mol. The molecule has 2 saturated carbocycles. The van der Waals surface area contributed by atoms with E-state index in [9.17, 15) is 48.6 Å². The highest BCUT2D eigenvalue weighted by Gasteiger charge is 2.47. The zero-order valence-corrected chi connectivity index (χ0v) is 58.5. The van der Waals surface area contributed by atoms with Gasteiger partial charge in [-0.25, -0.2) is 19.0 Å². The van der Waals surface area contributed by atoms with Crippen LogP contribution in [0.25, 0.3) is 0 Å². The van der Waals surface area contributed by atoms with Crippen LogP contribution in [-0.2, 0) is 74.0 Å². The maximum atomic E-state index is 15.0. The van der Waals surface area contributed by atoms with E-state index in [1.807, 2.05) is 0 Å². The number of likely N-dealkylation sites (tertiary alicyclic amines) is 2. The second kappa shape index (κ2) is 34.8. The van der Waals surface area contributed by atoms with Crippen molar-refractivity contribution in [2.45, 2.75) is 230 Å². The maximum absolute atomic E-state index is 15.0. The van der Waals surface area contributed by atoms with Gasteiger partial charge >= 0.3 is 11.9 Å². The summed E-state index contributed by atoms with van der Waals surface area (Å²) in [6.45, 7) is 10.2. The standard InChI is InChI=1S/C70H100N16O14/c1-39(2)59(77-61(87)41(5)71-7)67(93)83-35-49-31-57(83)65(91)73-53(27-43-15-11-9-12-16-43)63(89)75-55(69(95)96)29-45-21-25-52(26-22-45)100-38-48-34-86(82-80-48)50-32-58(84(36-50)68(94)60(40(3)4)78-62(88)42(6)72-8)66(92)74-54(28-44-17-13-10-14-18-44)64(90)76-56(70(97)98)30-46-19-23-51(24-20-46)99-37-47-33-85(49)81-79-47/h19-26,33-34,39-44,49-50,53-60,71-72H,9-18,27-32,35-38H2,1-8H3,(H,73,91)(H,74,92)(H,75,89)(H,76,90)(H,77,87)(H,78,88)(H,95,96)(H,97,98)/t41-,42-,49-,50-,53-,54-,55-,56-,57-,58-,59-,60-/m0/s1. The summed E-state index contributed by atoms with van der Waals surface area (Å²) in [6.07, 6.45) is 12.4. The van der Waals surface area contributed by atoms with Gasteiger partial charge in [-0.15, -0.1) is 10.2 Å². The van der Waals surface area contributed by atoms with Crippen molar-refractivity contribution in [1.29, 1.82) is 0 Å². The molecule has 30 heteroatoms. The van der Waals surface area contributed by atoms with E-state index in [0.717, 1.165) is 64.2 Å². The van der Waals surface area contributed by atoms with E-state index in [-0.39, 0.29) is 76.7 Å². The van der Waals surface area contributed by atoms with Crippen molar-refractivity contribution in [2.24, 2.45) is 23.7 Å². The number of carbonyl (C=O) groups excluding carboxylic acids is 8. The van der Waals surface area contributed by atoms with Gasteiger partial charge in [-0.05, 0) is 99.8 Å². The molecule has 12 bridgehead atoms. The number of aliphatic carboxylic acids is 2. The predicted octanol–water partition coefficient (Wildman–Crippen LogP) is 2.66. The Morgan fingerprint density at radius 2 is 0.880 bits per heavy atom. The smallest absolute Gasteiger partial charge is 0.326 e. The third-order valence-corrected chi connectivity index (χ3v) is 20.3. The number of likely N-dealkylation sites (N-methyl/N-ethyl adjacent to an activating group) is 2. The van der Waals surface area contributed by atoms with E-state index in [0.29, 0.717) is 34.0 Å². The lowest BCUT2D eigenvalue weighted by atomic mass is 9.84. The molecular formula is C70H100N16O14. The first-order valence-corrected chi connectivity index (χ1v) is 35.3. The number of benzene rings is 2. The molecule has 2 aliphatic carbocycles. The van der Waals surface area contributed by atoms with Gasteiger partial charge in [-0.2, -0.15) is 0 Å². The molecule has 0 spiro atoms. The molecular weight excluding hydrogens is 1290 g/mol. The van der Waals surface area contributed by atoms with Gasteiger partial charge in [0.05, 0.1) is 36.6 Å². The molecule has 0 unspecified atom stereocenters. The quantitative estimate of drug-likeness (QED) is 0.0771. The second-order valence-corrected chi connectivity index (χ2v) is 28.3. The Morgan fingerprint density at radius 3 is 1.21 bits per heavy atom. The number of nitrogens with one attached hydrogen (secondary N) is 8. The Hall–Kier alpha value is -9.06. The minimum atomic E-state index is -1.43. The lowest BCUT2D eigenvalue weighted by Crippen LogP contribution is -2.59. The van der Waals surface area contributed by atoms with Crippen LogP contribution in [0.3, 0.4) is 0 Å². The van der Waals surface area contributed by atoms with Crippen LogP contribution in [0, 0.1) is 23.7 Å². The summed E-state index contributed by atoms with van der Waals surface area (Å²) < 4.78 is 15.4. The number of carboxylic acid groups (broad SMARTS) is 2. The van der Waals surface area contributed by atoms with Crippen molar-refractivity contribution in [2.75, 3.05) is 27.2 Å². The molecule has 0 radical (unpaired) electrons. The SMILES string of the molecule is CN[C@@H](C)C(=O)N[C@H](C(=O)N1C[C@@H]2C[C@H]1C(=O)N[C@@H](CC1CCCCC1)C(=O)N[C@H](C(=O)O)Cc1ccc(cc1)OCc1cn(nn1)[C@H]1C[C@@H](C(=O)N[C@@H](CC3CCCCC3)C(=O)N[C@H](C(=O)O)Cc3ccc(cc3)OCc3cn2nn3)N(C(=O)[C@@H](NC(=O)[C@H](C)NC)C(C)C)C1)C(C)C. The predicted molar refractivity (Wildman–Crippen MR) is 363 cm³/mol. The highest BCUT2D eigenvalue weighted by Crippen LogP contribution is 2.34. The van der Waals surface area contributed by atoms with Crippen molar-refractivity contribution in [3.8, 4) is 11.5 Å². The molecule has 30 nitrogen and oxygen atoms in total. The number of hydrogen-bond acceptors (Lipinski definition) is 18. The molecule has 544 valence electrons. The highest BCUT2D eigenvalue weighted by molar-refractivity contribution is 5.97. The number of ether oxygens (including phenoxy) is 2. The van der Waals surface area contributed by atoms with Gasteiger partial charge in [0.1, 0.15) is 84.4 Å². The zero-order valence-electron chi connectivity index (χ0n) is 58.5. The molecule has 4 aromatic rings. The average molecular weight is 1390 g/mol. The highest BCUT2D eigenvalue weighted by atomic mass is 16.5. The van der Waals surface area contributed by atoms with Gasteiger partial charge in [0, 0.05) is 38.8 Å². The summed E-state index contributed by atoms with van der Waals surface area (Å²) >= 11 is 0. The van der Waals surface area contributed by atoms with E-state index in [1.165, 1.54) is 19.2 Å². The van der Waals surface area contributed by atoms with Gasteiger partial charge < -0.3 is 72.0 Å². The first kappa shape index (κ1) is 75.1. The normalized spacial score (nSPS) is 24.6. The minimum Gasteiger partial charge on any atom is -0.487 e. The van der Waals surface area contributed by atoms with Crippen LogP contribution in [0.15, 0.2) is 60.9 Å². The number of hydrogen-bond donors (Lipinski definition) is 10. The molecule has 8 aliphatic rings. The van der Waals surface area contributed by atoms with E-state index in [4.69, 9.17) is 9.47 Å². The number of carboxylic acids is 2. The molecule has 8 amide bonds. The fraction of sp³-hybridized carbons (Fsp3) is 0.629.